The second-order valence-corrected chi connectivity index (χ2v) is 8.59. The van der Waals surface area contributed by atoms with E-state index in [-0.39, 0.29) is 10.7 Å². The van der Waals surface area contributed by atoms with Gasteiger partial charge in [-0.25, -0.2) is 17.5 Å². The van der Waals surface area contributed by atoms with Crippen molar-refractivity contribution in [2.75, 3.05) is 45.2 Å². The smallest absolute Gasteiger partial charge is 0.240 e. The monoisotopic (exact) mass is 419 g/mol. The average Bonchev–Trinajstić information content (AvgIpc) is 2.75. The molecule has 1 fully saturated rings. The molecule has 0 atom stereocenters. The molecule has 0 saturated carbocycles. The number of benzene rings is 2. The molecule has 0 amide bonds. The summed E-state index contributed by atoms with van der Waals surface area (Å²) in [5, 5.41) is 3.31. The van der Waals surface area contributed by atoms with E-state index in [2.05, 4.69) is 24.8 Å². The van der Waals surface area contributed by atoms with Crippen molar-refractivity contribution in [3.8, 4) is 0 Å². The Morgan fingerprint density at radius 3 is 2.41 bits per heavy atom. The molecule has 0 aromatic heterocycles. The third-order valence-corrected chi connectivity index (χ3v) is 6.32. The van der Waals surface area contributed by atoms with E-state index in [0.29, 0.717) is 6.54 Å². The molecular formula is C20H26FN5O2S. The molecule has 1 aliphatic rings. The van der Waals surface area contributed by atoms with Crippen molar-refractivity contribution in [2.24, 2.45) is 4.99 Å². The second-order valence-electron chi connectivity index (χ2n) is 6.71. The van der Waals surface area contributed by atoms with E-state index in [9.17, 15) is 12.8 Å². The highest BCUT2D eigenvalue weighted by Gasteiger charge is 2.20. The molecule has 3 rings (SSSR count). The Kier molecular flexibility index (Phi) is 6.71. The Morgan fingerprint density at radius 2 is 1.79 bits per heavy atom. The summed E-state index contributed by atoms with van der Waals surface area (Å²) in [7, 11) is -0.339. The number of aliphatic imine (C=N–C) groups is 1. The van der Waals surface area contributed by atoms with Crippen LogP contribution in [0.3, 0.4) is 0 Å². The van der Waals surface area contributed by atoms with E-state index in [1.54, 1.807) is 37.4 Å². The molecule has 0 radical (unpaired) electrons. The molecule has 2 N–H and O–H groups in total. The first kappa shape index (κ1) is 21.1. The van der Waals surface area contributed by atoms with Crippen LogP contribution >= 0.6 is 0 Å². The van der Waals surface area contributed by atoms with Crippen LogP contribution < -0.4 is 14.9 Å². The normalized spacial score (nSPS) is 15.5. The topological polar surface area (TPSA) is 77.0 Å². The van der Waals surface area contributed by atoms with Crippen molar-refractivity contribution >= 4 is 21.7 Å². The summed E-state index contributed by atoms with van der Waals surface area (Å²) in [5.41, 5.74) is 1.86. The third-order valence-electron chi connectivity index (χ3n) is 4.91. The number of anilines is 1. The number of hydrogen-bond donors (Lipinski definition) is 2. The summed E-state index contributed by atoms with van der Waals surface area (Å²) < 4.78 is 39.4. The number of hydrogen-bond acceptors (Lipinski definition) is 4. The Hall–Kier alpha value is -2.65. The van der Waals surface area contributed by atoms with E-state index in [0.717, 1.165) is 43.4 Å². The fourth-order valence-electron chi connectivity index (χ4n) is 3.28. The highest BCUT2D eigenvalue weighted by molar-refractivity contribution is 7.89. The van der Waals surface area contributed by atoms with Gasteiger partial charge in [0, 0.05) is 45.5 Å². The maximum absolute atomic E-state index is 13.1. The van der Waals surface area contributed by atoms with Crippen molar-refractivity contribution in [1.82, 2.24) is 14.9 Å². The molecule has 156 valence electrons. The highest BCUT2D eigenvalue weighted by Crippen LogP contribution is 2.17. The zero-order valence-electron chi connectivity index (χ0n) is 16.6. The average molecular weight is 420 g/mol. The van der Waals surface area contributed by atoms with Gasteiger partial charge in [-0.15, -0.1) is 0 Å². The second kappa shape index (κ2) is 9.23. The fraction of sp³-hybridized carbons (Fsp3) is 0.350. The van der Waals surface area contributed by atoms with Gasteiger partial charge in [-0.2, -0.15) is 0 Å². The van der Waals surface area contributed by atoms with Crippen molar-refractivity contribution < 1.29 is 12.8 Å². The number of rotatable bonds is 5. The minimum absolute atomic E-state index is 0.233. The molecule has 1 saturated heterocycles. The summed E-state index contributed by atoms with van der Waals surface area (Å²) in [5.74, 6) is 0.536. The molecule has 0 bridgehead atoms. The Balaban J connectivity index is 1.58. The number of nitrogens with one attached hydrogen (secondary N) is 2. The van der Waals surface area contributed by atoms with Gasteiger partial charge < -0.3 is 15.1 Å². The SMILES string of the molecule is CN=C(NCc1cccc(S(=O)(=O)NC)c1)N1CCN(c2ccc(F)cc2)CC1. The minimum Gasteiger partial charge on any atom is -0.368 e. The lowest BCUT2D eigenvalue weighted by Gasteiger charge is -2.37. The number of piperazine rings is 1. The molecule has 2 aromatic rings. The van der Waals surface area contributed by atoms with Gasteiger partial charge in [0.15, 0.2) is 5.96 Å². The quantitative estimate of drug-likeness (QED) is 0.569. The molecule has 2 aromatic carbocycles. The summed E-state index contributed by atoms with van der Waals surface area (Å²) in [6.45, 7) is 3.65. The summed E-state index contributed by atoms with van der Waals surface area (Å²) in [6, 6.07) is 13.4. The van der Waals surface area contributed by atoms with Gasteiger partial charge in [0.2, 0.25) is 10.0 Å². The summed E-state index contributed by atoms with van der Waals surface area (Å²) in [4.78, 5) is 8.97. The molecule has 1 heterocycles. The lowest BCUT2D eigenvalue weighted by molar-refractivity contribution is 0.372. The fourth-order valence-corrected chi connectivity index (χ4v) is 4.08. The van der Waals surface area contributed by atoms with Crippen LogP contribution in [-0.2, 0) is 16.6 Å². The largest absolute Gasteiger partial charge is 0.368 e. The number of sulfonamides is 1. The molecule has 9 heteroatoms. The highest BCUT2D eigenvalue weighted by atomic mass is 32.2. The van der Waals surface area contributed by atoms with Gasteiger partial charge >= 0.3 is 0 Å². The van der Waals surface area contributed by atoms with Crippen molar-refractivity contribution in [2.45, 2.75) is 11.4 Å². The first-order chi connectivity index (χ1) is 13.9. The van der Waals surface area contributed by atoms with Crippen LogP contribution in [0.2, 0.25) is 0 Å². The predicted molar refractivity (Wildman–Crippen MR) is 113 cm³/mol. The predicted octanol–water partition coefficient (Wildman–Crippen LogP) is 1.63. The van der Waals surface area contributed by atoms with Crippen LogP contribution in [0, 0.1) is 5.82 Å². The van der Waals surface area contributed by atoms with E-state index in [4.69, 9.17) is 0 Å². The molecule has 29 heavy (non-hydrogen) atoms. The molecule has 7 nitrogen and oxygen atoms in total. The summed E-state index contributed by atoms with van der Waals surface area (Å²) in [6.07, 6.45) is 0. The maximum atomic E-state index is 13.1. The lowest BCUT2D eigenvalue weighted by atomic mass is 10.2. The van der Waals surface area contributed by atoms with Crippen molar-refractivity contribution in [3.05, 3.63) is 59.9 Å². The van der Waals surface area contributed by atoms with E-state index in [1.165, 1.54) is 19.2 Å². The zero-order valence-corrected chi connectivity index (χ0v) is 17.4. The van der Waals surface area contributed by atoms with Gasteiger partial charge in [-0.3, -0.25) is 4.99 Å². The number of guanidine groups is 1. The van der Waals surface area contributed by atoms with Gasteiger partial charge in [0.05, 0.1) is 4.90 Å². The summed E-state index contributed by atoms with van der Waals surface area (Å²) >= 11 is 0. The Labute approximate surface area is 171 Å². The molecule has 1 aliphatic heterocycles. The minimum atomic E-state index is -3.47. The zero-order chi connectivity index (χ0) is 20.9. The van der Waals surface area contributed by atoms with Crippen LogP contribution in [0.5, 0.6) is 0 Å². The van der Waals surface area contributed by atoms with Crippen LogP contribution in [0.1, 0.15) is 5.56 Å². The van der Waals surface area contributed by atoms with Crippen LogP contribution in [-0.4, -0.2) is 59.6 Å². The Bertz CT molecular complexity index is 955. The molecule has 0 spiro atoms. The van der Waals surface area contributed by atoms with E-state index < -0.39 is 10.0 Å². The lowest BCUT2D eigenvalue weighted by Crippen LogP contribution is -2.52. The molecule has 0 aliphatic carbocycles. The first-order valence-electron chi connectivity index (χ1n) is 9.41. The molecule has 0 unspecified atom stereocenters. The maximum Gasteiger partial charge on any atom is 0.240 e. The van der Waals surface area contributed by atoms with Crippen molar-refractivity contribution in [1.29, 1.82) is 0 Å². The number of halogens is 1. The van der Waals surface area contributed by atoms with Gasteiger partial charge in [-0.1, -0.05) is 12.1 Å². The van der Waals surface area contributed by atoms with Crippen molar-refractivity contribution in [3.63, 3.8) is 0 Å². The van der Waals surface area contributed by atoms with E-state index in [1.807, 2.05) is 6.07 Å². The first-order valence-corrected chi connectivity index (χ1v) is 10.9. The van der Waals surface area contributed by atoms with E-state index >= 15 is 0 Å². The third kappa shape index (κ3) is 5.24. The number of nitrogens with zero attached hydrogens (tertiary/aromatic N) is 3. The standard InChI is InChI=1S/C20H26FN5O2S/c1-22-20(24-15-16-4-3-5-19(14-16)29(27,28)23-2)26-12-10-25(11-13-26)18-8-6-17(21)7-9-18/h3-9,14,23H,10-13,15H2,1-2H3,(H,22,24). The van der Waals surface area contributed by atoms with Gasteiger partial charge in [0.25, 0.3) is 0 Å². The van der Waals surface area contributed by atoms with Crippen LogP contribution in [0.15, 0.2) is 58.4 Å². The Morgan fingerprint density at radius 1 is 1.10 bits per heavy atom. The van der Waals surface area contributed by atoms with Gasteiger partial charge in [-0.05, 0) is 49.0 Å². The van der Waals surface area contributed by atoms with Crippen LogP contribution in [0.4, 0.5) is 10.1 Å². The van der Waals surface area contributed by atoms with Crippen LogP contribution in [0.25, 0.3) is 0 Å². The van der Waals surface area contributed by atoms with Gasteiger partial charge in [0.1, 0.15) is 5.82 Å². The molecular weight excluding hydrogens is 393 g/mol.